The van der Waals surface area contributed by atoms with E-state index in [9.17, 15) is 18.0 Å². The second kappa shape index (κ2) is 6.23. The first-order chi connectivity index (χ1) is 8.51. The van der Waals surface area contributed by atoms with Gasteiger partial charge in [0.15, 0.2) is 17.5 Å². The van der Waals surface area contributed by atoms with Crippen molar-refractivity contribution in [1.29, 1.82) is 0 Å². The van der Waals surface area contributed by atoms with Crippen LogP contribution < -0.4 is 0 Å². The SMILES string of the molecule is C=CCN(CCC)C(=O)c1cc(F)c(F)c(F)c1. The molecule has 0 aliphatic heterocycles. The van der Waals surface area contributed by atoms with Crippen LogP contribution in [0.2, 0.25) is 0 Å². The summed E-state index contributed by atoms with van der Waals surface area (Å²) in [5.74, 6) is -4.85. The van der Waals surface area contributed by atoms with E-state index in [0.717, 1.165) is 0 Å². The maximum atomic E-state index is 13.0. The van der Waals surface area contributed by atoms with Gasteiger partial charge in [-0.15, -0.1) is 6.58 Å². The summed E-state index contributed by atoms with van der Waals surface area (Å²) in [6, 6.07) is 1.40. The summed E-state index contributed by atoms with van der Waals surface area (Å²) in [6.07, 6.45) is 2.22. The largest absolute Gasteiger partial charge is 0.335 e. The van der Waals surface area contributed by atoms with Crippen LogP contribution in [0.25, 0.3) is 0 Å². The molecule has 1 aromatic rings. The first-order valence-corrected chi connectivity index (χ1v) is 5.56. The van der Waals surface area contributed by atoms with Crippen molar-refractivity contribution in [3.63, 3.8) is 0 Å². The second-order valence-corrected chi connectivity index (χ2v) is 3.79. The Morgan fingerprint density at radius 3 is 2.33 bits per heavy atom. The smallest absolute Gasteiger partial charge is 0.254 e. The topological polar surface area (TPSA) is 20.3 Å². The fourth-order valence-corrected chi connectivity index (χ4v) is 1.56. The normalized spacial score (nSPS) is 10.2. The van der Waals surface area contributed by atoms with E-state index < -0.39 is 23.4 Å². The van der Waals surface area contributed by atoms with Gasteiger partial charge in [-0.25, -0.2) is 13.2 Å². The zero-order chi connectivity index (χ0) is 13.7. The van der Waals surface area contributed by atoms with Gasteiger partial charge in [0.1, 0.15) is 0 Å². The quantitative estimate of drug-likeness (QED) is 0.586. The molecule has 0 aliphatic carbocycles. The van der Waals surface area contributed by atoms with E-state index in [1.54, 1.807) is 0 Å². The Kier molecular flexibility index (Phi) is 4.95. The molecule has 1 aromatic carbocycles. The van der Waals surface area contributed by atoms with Crippen molar-refractivity contribution in [1.82, 2.24) is 4.90 Å². The monoisotopic (exact) mass is 257 g/mol. The van der Waals surface area contributed by atoms with Crippen molar-refractivity contribution in [3.05, 3.63) is 47.8 Å². The standard InChI is InChI=1S/C13H14F3NO/c1-3-5-17(6-4-2)13(18)9-7-10(14)12(16)11(15)8-9/h3,7-8H,1,4-6H2,2H3. The third kappa shape index (κ3) is 3.12. The Hall–Kier alpha value is -1.78. The van der Waals surface area contributed by atoms with Crippen LogP contribution >= 0.6 is 0 Å². The number of amides is 1. The average molecular weight is 257 g/mol. The molecule has 1 rings (SSSR count). The number of hydrogen-bond acceptors (Lipinski definition) is 1. The number of benzene rings is 1. The van der Waals surface area contributed by atoms with Crippen LogP contribution in [0, 0.1) is 17.5 Å². The van der Waals surface area contributed by atoms with Crippen LogP contribution in [0.5, 0.6) is 0 Å². The number of carbonyl (C=O) groups excluding carboxylic acids is 1. The van der Waals surface area contributed by atoms with Gasteiger partial charge in [-0.3, -0.25) is 4.79 Å². The molecule has 98 valence electrons. The van der Waals surface area contributed by atoms with E-state index in [0.29, 0.717) is 25.1 Å². The number of hydrogen-bond donors (Lipinski definition) is 0. The highest BCUT2D eigenvalue weighted by Gasteiger charge is 2.18. The van der Waals surface area contributed by atoms with Gasteiger partial charge >= 0.3 is 0 Å². The summed E-state index contributed by atoms with van der Waals surface area (Å²) >= 11 is 0. The first kappa shape index (κ1) is 14.3. The summed E-state index contributed by atoms with van der Waals surface area (Å²) < 4.78 is 38.8. The predicted molar refractivity (Wildman–Crippen MR) is 62.7 cm³/mol. The van der Waals surface area contributed by atoms with E-state index in [1.165, 1.54) is 11.0 Å². The van der Waals surface area contributed by atoms with E-state index >= 15 is 0 Å². The number of halogens is 3. The summed E-state index contributed by atoms with van der Waals surface area (Å²) in [5.41, 5.74) is -0.207. The maximum Gasteiger partial charge on any atom is 0.254 e. The average Bonchev–Trinajstić information content (AvgIpc) is 2.34. The van der Waals surface area contributed by atoms with Crippen molar-refractivity contribution in [2.24, 2.45) is 0 Å². The van der Waals surface area contributed by atoms with Crippen molar-refractivity contribution in [2.45, 2.75) is 13.3 Å². The van der Waals surface area contributed by atoms with Gasteiger partial charge < -0.3 is 4.90 Å². The lowest BCUT2D eigenvalue weighted by Crippen LogP contribution is -2.32. The molecule has 0 saturated carbocycles. The fourth-order valence-electron chi connectivity index (χ4n) is 1.56. The Morgan fingerprint density at radius 1 is 1.33 bits per heavy atom. The lowest BCUT2D eigenvalue weighted by molar-refractivity contribution is 0.0772. The van der Waals surface area contributed by atoms with Gasteiger partial charge in [0.2, 0.25) is 0 Å². The molecule has 0 spiro atoms. The molecule has 0 fully saturated rings. The van der Waals surface area contributed by atoms with Gasteiger partial charge in [-0.2, -0.15) is 0 Å². The molecule has 0 saturated heterocycles. The molecule has 0 aromatic heterocycles. The molecular weight excluding hydrogens is 243 g/mol. The number of nitrogens with zero attached hydrogens (tertiary/aromatic N) is 1. The fraction of sp³-hybridized carbons (Fsp3) is 0.308. The van der Waals surface area contributed by atoms with E-state index in [1.807, 2.05) is 6.92 Å². The lowest BCUT2D eigenvalue weighted by Gasteiger charge is -2.20. The minimum atomic E-state index is -1.57. The molecule has 0 N–H and O–H groups in total. The molecule has 5 heteroatoms. The highest BCUT2D eigenvalue weighted by Crippen LogP contribution is 2.15. The summed E-state index contributed by atoms with van der Waals surface area (Å²) in [6.45, 7) is 6.08. The van der Waals surface area contributed by atoms with Crippen LogP contribution in [0.3, 0.4) is 0 Å². The summed E-state index contributed by atoms with van der Waals surface area (Å²) in [4.78, 5) is 13.4. The van der Waals surface area contributed by atoms with Gasteiger partial charge in [0.25, 0.3) is 5.91 Å². The minimum absolute atomic E-state index is 0.207. The Morgan fingerprint density at radius 2 is 1.89 bits per heavy atom. The number of carbonyl (C=O) groups is 1. The van der Waals surface area contributed by atoms with Gasteiger partial charge in [-0.05, 0) is 18.6 Å². The summed E-state index contributed by atoms with van der Waals surface area (Å²) in [7, 11) is 0. The van der Waals surface area contributed by atoms with Crippen molar-refractivity contribution in [2.75, 3.05) is 13.1 Å². The third-order valence-electron chi connectivity index (χ3n) is 2.36. The molecule has 0 atom stereocenters. The molecule has 0 aliphatic rings. The second-order valence-electron chi connectivity index (χ2n) is 3.79. The van der Waals surface area contributed by atoms with Crippen LogP contribution in [0.4, 0.5) is 13.2 Å². The van der Waals surface area contributed by atoms with Crippen LogP contribution in [0.15, 0.2) is 24.8 Å². The van der Waals surface area contributed by atoms with Crippen LogP contribution in [0.1, 0.15) is 23.7 Å². The molecule has 2 nitrogen and oxygen atoms in total. The molecule has 1 amide bonds. The van der Waals surface area contributed by atoms with Gasteiger partial charge in [0.05, 0.1) is 0 Å². The highest BCUT2D eigenvalue weighted by atomic mass is 19.2. The highest BCUT2D eigenvalue weighted by molar-refractivity contribution is 5.94. The Balaban J connectivity index is 3.04. The molecule has 0 radical (unpaired) electrons. The van der Waals surface area contributed by atoms with Crippen molar-refractivity contribution in [3.8, 4) is 0 Å². The van der Waals surface area contributed by atoms with Gasteiger partial charge in [0, 0.05) is 18.7 Å². The minimum Gasteiger partial charge on any atom is -0.335 e. The molecule has 0 unspecified atom stereocenters. The predicted octanol–water partition coefficient (Wildman–Crippen LogP) is 3.14. The van der Waals surface area contributed by atoms with Crippen LogP contribution in [-0.4, -0.2) is 23.9 Å². The van der Waals surface area contributed by atoms with Crippen LogP contribution in [-0.2, 0) is 0 Å². The molecular formula is C13H14F3NO. The molecule has 0 bridgehead atoms. The van der Waals surface area contributed by atoms with E-state index in [2.05, 4.69) is 6.58 Å². The molecule has 0 heterocycles. The summed E-state index contributed by atoms with van der Waals surface area (Å²) in [5, 5.41) is 0. The Labute approximate surface area is 104 Å². The third-order valence-corrected chi connectivity index (χ3v) is 2.36. The van der Waals surface area contributed by atoms with Crippen molar-refractivity contribution < 1.29 is 18.0 Å². The van der Waals surface area contributed by atoms with Gasteiger partial charge in [-0.1, -0.05) is 13.0 Å². The molecule has 18 heavy (non-hydrogen) atoms. The zero-order valence-corrected chi connectivity index (χ0v) is 10.0. The van der Waals surface area contributed by atoms with E-state index in [-0.39, 0.29) is 12.1 Å². The Bertz CT molecular complexity index is 437. The number of rotatable bonds is 5. The van der Waals surface area contributed by atoms with Crippen molar-refractivity contribution >= 4 is 5.91 Å². The zero-order valence-electron chi connectivity index (χ0n) is 10.0. The maximum absolute atomic E-state index is 13.0. The lowest BCUT2D eigenvalue weighted by atomic mass is 10.1. The first-order valence-electron chi connectivity index (χ1n) is 5.56. The van der Waals surface area contributed by atoms with E-state index in [4.69, 9.17) is 0 Å².